The Labute approximate surface area is 131 Å². The molecular weight excluding hydrogens is 295 g/mol. The highest BCUT2D eigenvalue weighted by Gasteiger charge is 2.40. The molecule has 0 saturated heterocycles. The summed E-state index contributed by atoms with van der Waals surface area (Å²) in [4.78, 5) is 3.00. The van der Waals surface area contributed by atoms with Gasteiger partial charge in [0.2, 0.25) is 0 Å². The van der Waals surface area contributed by atoms with E-state index in [0.717, 1.165) is 5.19 Å². The SMILES string of the molecule is CC(C)N[Si](N)(F)c1cccc(C(C)(C)C)c1[Si](C)(C)C. The number of nitrogens with one attached hydrogen (secondary N) is 1. The zero-order chi connectivity index (χ0) is 16.6. The first-order valence-electron chi connectivity index (χ1n) is 7.67. The minimum Gasteiger partial charge on any atom is -0.310 e. The molecule has 0 aliphatic carbocycles. The molecule has 1 rings (SSSR count). The summed E-state index contributed by atoms with van der Waals surface area (Å²) in [7, 11) is -5.34. The van der Waals surface area contributed by atoms with Gasteiger partial charge in [-0.3, -0.25) is 9.09 Å². The highest BCUT2D eigenvalue weighted by Crippen LogP contribution is 2.22. The lowest BCUT2D eigenvalue weighted by Crippen LogP contribution is -2.73. The number of nitrogens with two attached hydrogens (primary N) is 1. The summed E-state index contributed by atoms with van der Waals surface area (Å²) in [6, 6.07) is 6.02. The molecule has 1 atom stereocenters. The first kappa shape index (κ1) is 18.6. The Kier molecular flexibility index (Phi) is 5.26. The molecule has 5 heteroatoms. The molecule has 0 saturated carbocycles. The average Bonchev–Trinajstić information content (AvgIpc) is 2.23. The van der Waals surface area contributed by atoms with Crippen molar-refractivity contribution < 1.29 is 4.11 Å². The normalized spacial score (nSPS) is 16.1. The lowest BCUT2D eigenvalue weighted by molar-refractivity contribution is 0.593. The molecule has 1 aromatic carbocycles. The Morgan fingerprint density at radius 3 is 2.05 bits per heavy atom. The Bertz CT molecular complexity index is 500. The van der Waals surface area contributed by atoms with Crippen molar-refractivity contribution in [3.8, 4) is 0 Å². The van der Waals surface area contributed by atoms with Gasteiger partial charge in [-0.05, 0) is 17.0 Å². The van der Waals surface area contributed by atoms with Gasteiger partial charge in [-0.1, -0.05) is 77.6 Å². The van der Waals surface area contributed by atoms with Crippen molar-refractivity contribution in [1.29, 1.82) is 0 Å². The topological polar surface area (TPSA) is 38.0 Å². The summed E-state index contributed by atoms with van der Waals surface area (Å²) < 4.78 is 15.3. The van der Waals surface area contributed by atoms with Crippen LogP contribution in [0.15, 0.2) is 18.2 Å². The fourth-order valence-electron chi connectivity index (χ4n) is 2.79. The van der Waals surface area contributed by atoms with Crippen LogP contribution in [0, 0.1) is 0 Å². The predicted octanol–water partition coefficient (Wildman–Crippen LogP) is 2.60. The van der Waals surface area contributed by atoms with Crippen molar-refractivity contribution in [1.82, 2.24) is 4.98 Å². The van der Waals surface area contributed by atoms with E-state index in [9.17, 15) is 0 Å². The molecule has 0 amide bonds. The molecule has 0 bridgehead atoms. The van der Waals surface area contributed by atoms with E-state index in [1.165, 1.54) is 10.8 Å². The highest BCUT2D eigenvalue weighted by atomic mass is 28.4. The van der Waals surface area contributed by atoms with E-state index in [2.05, 4.69) is 51.5 Å². The second-order valence-electron chi connectivity index (χ2n) is 8.24. The van der Waals surface area contributed by atoms with Gasteiger partial charge < -0.3 is 5.40 Å². The minimum atomic E-state index is -3.62. The van der Waals surface area contributed by atoms with E-state index < -0.39 is 16.8 Å². The quantitative estimate of drug-likeness (QED) is 0.659. The van der Waals surface area contributed by atoms with Gasteiger partial charge in [-0.25, -0.2) is 0 Å². The van der Waals surface area contributed by atoms with Gasteiger partial charge in [-0.15, -0.1) is 0 Å². The molecule has 2 nitrogen and oxygen atoms in total. The third-order valence-corrected chi connectivity index (χ3v) is 8.00. The van der Waals surface area contributed by atoms with E-state index in [1.807, 2.05) is 26.0 Å². The van der Waals surface area contributed by atoms with Gasteiger partial charge >= 0.3 is 8.73 Å². The van der Waals surface area contributed by atoms with Crippen LogP contribution in [0.3, 0.4) is 0 Å². The standard InChI is InChI=1S/C16H31FN2Si2/c1-12(2)19-21(17,18)14-11-9-10-13(16(3,4)5)15(14)20(6,7)8/h9-12,19H,18H2,1-8H3. The van der Waals surface area contributed by atoms with Gasteiger partial charge in [0, 0.05) is 5.19 Å². The van der Waals surface area contributed by atoms with Crippen LogP contribution in [-0.4, -0.2) is 22.8 Å². The first-order valence-corrected chi connectivity index (χ1v) is 13.1. The molecule has 21 heavy (non-hydrogen) atoms. The van der Waals surface area contributed by atoms with E-state index in [1.54, 1.807) is 0 Å². The van der Waals surface area contributed by atoms with Crippen molar-refractivity contribution in [2.75, 3.05) is 0 Å². The smallest absolute Gasteiger partial charge is 0.310 e. The number of hydrogen-bond donors (Lipinski definition) is 2. The van der Waals surface area contributed by atoms with Gasteiger partial charge in [0.1, 0.15) is 0 Å². The molecule has 0 spiro atoms. The molecule has 120 valence electrons. The van der Waals surface area contributed by atoms with Crippen LogP contribution < -0.4 is 20.8 Å². The minimum absolute atomic E-state index is 0.00602. The predicted molar refractivity (Wildman–Crippen MR) is 97.1 cm³/mol. The highest BCUT2D eigenvalue weighted by molar-refractivity contribution is 6.96. The Morgan fingerprint density at radius 1 is 1.14 bits per heavy atom. The van der Waals surface area contributed by atoms with Crippen LogP contribution in [0.2, 0.25) is 19.6 Å². The number of halogens is 1. The van der Waals surface area contributed by atoms with Crippen molar-refractivity contribution in [3.63, 3.8) is 0 Å². The summed E-state index contributed by atoms with van der Waals surface area (Å²) in [6.07, 6.45) is 0. The van der Waals surface area contributed by atoms with Gasteiger partial charge in [-0.2, -0.15) is 0 Å². The monoisotopic (exact) mass is 326 g/mol. The summed E-state index contributed by atoms with van der Waals surface area (Å²) in [5.74, 6) is 0. The maximum absolute atomic E-state index is 15.3. The number of hydrogen-bond acceptors (Lipinski definition) is 2. The maximum atomic E-state index is 15.3. The van der Waals surface area contributed by atoms with E-state index >= 15 is 4.11 Å². The van der Waals surface area contributed by atoms with Crippen molar-refractivity contribution in [2.45, 2.75) is 65.7 Å². The van der Waals surface area contributed by atoms with Crippen LogP contribution in [0.25, 0.3) is 0 Å². The third-order valence-electron chi connectivity index (χ3n) is 3.51. The van der Waals surface area contributed by atoms with Crippen molar-refractivity contribution in [2.24, 2.45) is 5.40 Å². The second-order valence-corrected chi connectivity index (χ2v) is 15.5. The third kappa shape index (κ3) is 4.48. The Balaban J connectivity index is 3.61. The fourth-order valence-corrected chi connectivity index (χ4v) is 8.45. The number of benzene rings is 1. The second kappa shape index (κ2) is 5.95. The molecule has 0 fully saturated rings. The molecule has 0 aliphatic rings. The lowest BCUT2D eigenvalue weighted by Gasteiger charge is -2.34. The van der Waals surface area contributed by atoms with Gasteiger partial charge in [0.15, 0.2) is 0 Å². The first-order chi connectivity index (χ1) is 9.27. The molecule has 1 aromatic rings. The van der Waals surface area contributed by atoms with Crippen LogP contribution in [0.1, 0.15) is 40.2 Å². The van der Waals surface area contributed by atoms with Gasteiger partial charge in [0.25, 0.3) is 0 Å². The van der Waals surface area contributed by atoms with Crippen LogP contribution >= 0.6 is 0 Å². The van der Waals surface area contributed by atoms with Crippen LogP contribution in [0.5, 0.6) is 0 Å². The Morgan fingerprint density at radius 2 is 1.67 bits per heavy atom. The van der Waals surface area contributed by atoms with E-state index in [-0.39, 0.29) is 11.5 Å². The van der Waals surface area contributed by atoms with E-state index in [4.69, 9.17) is 5.40 Å². The number of rotatable bonds is 4. The summed E-state index contributed by atoms with van der Waals surface area (Å²) in [5.41, 5.74) is 1.23. The molecular formula is C16H31FN2Si2. The largest absolute Gasteiger partial charge is 0.426 e. The molecule has 0 heterocycles. The summed E-state index contributed by atoms with van der Waals surface area (Å²) in [6.45, 7) is 17.2. The van der Waals surface area contributed by atoms with Crippen molar-refractivity contribution in [3.05, 3.63) is 23.8 Å². The molecule has 3 N–H and O–H groups in total. The molecule has 0 aliphatic heterocycles. The summed E-state index contributed by atoms with van der Waals surface area (Å²) >= 11 is 0. The molecule has 0 aromatic heterocycles. The molecule has 0 radical (unpaired) electrons. The van der Waals surface area contributed by atoms with Crippen LogP contribution in [0.4, 0.5) is 4.11 Å². The summed E-state index contributed by atoms with van der Waals surface area (Å²) in [5, 5.41) is 8.07. The molecule has 1 unspecified atom stereocenters. The van der Waals surface area contributed by atoms with Crippen LogP contribution in [-0.2, 0) is 5.41 Å². The zero-order valence-electron chi connectivity index (χ0n) is 14.8. The lowest BCUT2D eigenvalue weighted by atomic mass is 9.87. The van der Waals surface area contributed by atoms with Gasteiger partial charge in [0.05, 0.1) is 8.07 Å². The van der Waals surface area contributed by atoms with Crippen molar-refractivity contribution >= 4 is 27.2 Å². The maximum Gasteiger partial charge on any atom is 0.426 e. The average molecular weight is 327 g/mol. The van der Waals surface area contributed by atoms with E-state index in [0.29, 0.717) is 0 Å². The fraction of sp³-hybridized carbons (Fsp3) is 0.625. The zero-order valence-corrected chi connectivity index (χ0v) is 16.8. The Hall–Kier alpha value is -0.496.